The fraction of sp³-hybridized carbons (Fsp3) is 0. The lowest BCUT2D eigenvalue weighted by Crippen LogP contribution is -1.91. The topological polar surface area (TPSA) is 181 Å². The van der Waals surface area contributed by atoms with Crippen LogP contribution in [0.2, 0.25) is 0 Å². The highest BCUT2D eigenvalue weighted by Gasteiger charge is 1.88. The second-order valence-corrected chi connectivity index (χ2v) is 2.02. The third-order valence-electron chi connectivity index (χ3n) is 0.737. The van der Waals surface area contributed by atoms with Crippen molar-refractivity contribution in [1.82, 2.24) is 0 Å². The van der Waals surface area contributed by atoms with Crippen molar-refractivity contribution in [2.45, 2.75) is 0 Å². The molecule has 0 fully saturated rings. The number of carbonyl (C=O) groups is 4. The molecule has 0 radical (unpaired) electrons. The molecule has 0 amide bonds. The molecular weight excluding hydrogens is 240 g/mol. The Labute approximate surface area is 94.2 Å². The first kappa shape index (κ1) is 19.8. The smallest absolute Gasteiger partial charge is 0.328 e. The second-order valence-electron chi connectivity index (χ2n) is 2.02. The van der Waals surface area contributed by atoms with Crippen LogP contribution >= 0.6 is 0 Å². The van der Waals surface area contributed by atoms with Gasteiger partial charge in [-0.1, -0.05) is 0 Å². The van der Waals surface area contributed by atoms with E-state index in [0.29, 0.717) is 24.3 Å². The van der Waals surface area contributed by atoms with E-state index in [4.69, 9.17) is 20.4 Å². The number of carboxylic acid groups (broad SMARTS) is 4. The van der Waals surface area contributed by atoms with Crippen LogP contribution in [0.15, 0.2) is 24.3 Å². The minimum Gasteiger partial charge on any atom is -0.478 e. The SMILES string of the molecule is O.O=C(O)/C=C/C(=O)O.O=C(O)/C=C/C(=O)O. The van der Waals surface area contributed by atoms with Gasteiger partial charge in [-0.05, 0) is 0 Å². The van der Waals surface area contributed by atoms with Crippen molar-refractivity contribution in [3.05, 3.63) is 24.3 Å². The lowest BCUT2D eigenvalue weighted by Gasteiger charge is -1.74. The maximum atomic E-state index is 9.55. The van der Waals surface area contributed by atoms with Crippen LogP contribution in [0.3, 0.4) is 0 Å². The number of hydrogen-bond donors (Lipinski definition) is 4. The van der Waals surface area contributed by atoms with E-state index in [1.54, 1.807) is 0 Å². The molecule has 9 heteroatoms. The van der Waals surface area contributed by atoms with E-state index in [-0.39, 0.29) is 5.48 Å². The summed E-state index contributed by atoms with van der Waals surface area (Å²) in [5.74, 6) is -5.03. The van der Waals surface area contributed by atoms with Gasteiger partial charge in [-0.25, -0.2) is 19.2 Å². The summed E-state index contributed by atoms with van der Waals surface area (Å²) >= 11 is 0. The molecule has 0 aliphatic heterocycles. The average Bonchev–Trinajstić information content (AvgIpc) is 2.12. The molecule has 0 aromatic rings. The molecular formula is C8H10O9. The number of hydrogen-bond acceptors (Lipinski definition) is 4. The van der Waals surface area contributed by atoms with Crippen molar-refractivity contribution in [2.75, 3.05) is 0 Å². The Morgan fingerprint density at radius 1 is 0.529 bits per heavy atom. The van der Waals surface area contributed by atoms with E-state index >= 15 is 0 Å². The molecule has 0 atom stereocenters. The highest BCUT2D eigenvalue weighted by atomic mass is 16.4. The first-order valence-corrected chi connectivity index (χ1v) is 3.53. The summed E-state index contributed by atoms with van der Waals surface area (Å²) in [7, 11) is 0. The molecule has 0 rings (SSSR count). The molecule has 0 aliphatic rings. The van der Waals surface area contributed by atoms with Gasteiger partial charge in [0.1, 0.15) is 0 Å². The highest BCUT2D eigenvalue weighted by molar-refractivity contribution is 5.90. The van der Waals surface area contributed by atoms with Crippen molar-refractivity contribution < 1.29 is 45.1 Å². The van der Waals surface area contributed by atoms with E-state index in [2.05, 4.69) is 0 Å². The molecule has 0 bridgehead atoms. The Morgan fingerprint density at radius 3 is 0.706 bits per heavy atom. The predicted molar refractivity (Wildman–Crippen MR) is 52.4 cm³/mol. The molecule has 96 valence electrons. The standard InChI is InChI=1S/2C4H4O4.H2O/c2*5-3(6)1-2-4(7)8;/h2*1-2H,(H,5,6)(H,7,8);1H2/b2*2-1+;. The molecule has 0 heterocycles. The molecule has 0 saturated carbocycles. The van der Waals surface area contributed by atoms with Gasteiger partial charge in [0.15, 0.2) is 0 Å². The van der Waals surface area contributed by atoms with Crippen molar-refractivity contribution in [3.63, 3.8) is 0 Å². The van der Waals surface area contributed by atoms with Gasteiger partial charge in [0.05, 0.1) is 0 Å². The van der Waals surface area contributed by atoms with Crippen molar-refractivity contribution >= 4 is 23.9 Å². The molecule has 0 aromatic heterocycles. The van der Waals surface area contributed by atoms with Gasteiger partial charge in [0.25, 0.3) is 0 Å². The van der Waals surface area contributed by atoms with Gasteiger partial charge < -0.3 is 25.9 Å². The lowest BCUT2D eigenvalue weighted by atomic mass is 10.5. The lowest BCUT2D eigenvalue weighted by molar-refractivity contribution is -0.134. The van der Waals surface area contributed by atoms with Crippen molar-refractivity contribution in [1.29, 1.82) is 0 Å². The summed E-state index contributed by atoms with van der Waals surface area (Å²) in [5, 5.41) is 31.2. The summed E-state index contributed by atoms with van der Waals surface area (Å²) in [4.78, 5) is 38.2. The first-order valence-electron chi connectivity index (χ1n) is 3.53. The van der Waals surface area contributed by atoms with E-state index < -0.39 is 23.9 Å². The second kappa shape index (κ2) is 11.4. The molecule has 6 N–H and O–H groups in total. The Hall–Kier alpha value is -2.68. The van der Waals surface area contributed by atoms with Gasteiger partial charge >= 0.3 is 23.9 Å². The van der Waals surface area contributed by atoms with Crippen LogP contribution < -0.4 is 0 Å². The Morgan fingerprint density at radius 2 is 0.647 bits per heavy atom. The van der Waals surface area contributed by atoms with E-state index in [1.807, 2.05) is 0 Å². The Balaban J connectivity index is -0.000000218. The molecule has 0 unspecified atom stereocenters. The van der Waals surface area contributed by atoms with Gasteiger partial charge in [-0.15, -0.1) is 0 Å². The normalized spacial score (nSPS) is 8.94. The van der Waals surface area contributed by atoms with E-state index in [9.17, 15) is 19.2 Å². The molecule has 0 aliphatic carbocycles. The first-order chi connectivity index (χ1) is 7.25. The van der Waals surface area contributed by atoms with E-state index in [0.717, 1.165) is 0 Å². The summed E-state index contributed by atoms with van der Waals surface area (Å²) in [6.45, 7) is 0. The van der Waals surface area contributed by atoms with Crippen molar-refractivity contribution in [2.24, 2.45) is 0 Å². The zero-order valence-corrected chi connectivity index (χ0v) is 8.23. The Bertz CT molecular complexity index is 273. The molecule has 17 heavy (non-hydrogen) atoms. The van der Waals surface area contributed by atoms with Gasteiger partial charge in [-0.2, -0.15) is 0 Å². The van der Waals surface area contributed by atoms with Crippen LogP contribution in [0.4, 0.5) is 0 Å². The number of rotatable bonds is 4. The zero-order valence-electron chi connectivity index (χ0n) is 8.23. The number of carboxylic acids is 4. The number of aliphatic carboxylic acids is 4. The van der Waals surface area contributed by atoms with Crippen LogP contribution in [-0.2, 0) is 19.2 Å². The maximum absolute atomic E-state index is 9.55. The summed E-state index contributed by atoms with van der Waals surface area (Å²) in [5.41, 5.74) is 0. The quantitative estimate of drug-likeness (QED) is 0.439. The minimum atomic E-state index is -1.26. The van der Waals surface area contributed by atoms with Gasteiger partial charge in [0, 0.05) is 24.3 Å². The molecule has 0 saturated heterocycles. The van der Waals surface area contributed by atoms with Crippen LogP contribution in [-0.4, -0.2) is 49.8 Å². The van der Waals surface area contributed by atoms with Gasteiger partial charge in [0.2, 0.25) is 0 Å². The predicted octanol–water partition coefficient (Wildman–Crippen LogP) is -1.40. The fourth-order valence-electron chi connectivity index (χ4n) is 0.285. The van der Waals surface area contributed by atoms with Crippen molar-refractivity contribution in [3.8, 4) is 0 Å². The van der Waals surface area contributed by atoms with Crippen LogP contribution in [0, 0.1) is 0 Å². The highest BCUT2D eigenvalue weighted by Crippen LogP contribution is 1.71. The van der Waals surface area contributed by atoms with E-state index in [1.165, 1.54) is 0 Å². The third kappa shape index (κ3) is 31.9. The largest absolute Gasteiger partial charge is 0.478 e. The van der Waals surface area contributed by atoms with Crippen LogP contribution in [0.5, 0.6) is 0 Å². The molecule has 0 aromatic carbocycles. The fourth-order valence-corrected chi connectivity index (χ4v) is 0.285. The Kier molecular flexibility index (Phi) is 13.3. The van der Waals surface area contributed by atoms with Crippen LogP contribution in [0.1, 0.15) is 0 Å². The average molecular weight is 250 g/mol. The van der Waals surface area contributed by atoms with Gasteiger partial charge in [-0.3, -0.25) is 0 Å². The monoisotopic (exact) mass is 250 g/mol. The minimum absolute atomic E-state index is 0. The zero-order chi connectivity index (χ0) is 13.1. The third-order valence-corrected chi connectivity index (χ3v) is 0.737. The molecule has 0 spiro atoms. The van der Waals surface area contributed by atoms with Crippen LogP contribution in [0.25, 0.3) is 0 Å². The maximum Gasteiger partial charge on any atom is 0.328 e. The molecule has 9 nitrogen and oxygen atoms in total. The summed E-state index contributed by atoms with van der Waals surface area (Å²) in [6.07, 6.45) is 2.23. The summed E-state index contributed by atoms with van der Waals surface area (Å²) < 4.78 is 0. The summed E-state index contributed by atoms with van der Waals surface area (Å²) in [6, 6.07) is 0.